The molecule has 0 fully saturated rings. The first-order chi connectivity index (χ1) is 27.7. The van der Waals surface area contributed by atoms with Crippen molar-refractivity contribution in [1.29, 1.82) is 0 Å². The first-order valence-corrected chi connectivity index (χ1v) is 20.0. The maximum atomic E-state index is 2.47. The fraction of sp³-hybridized carbons (Fsp3) is 0. The number of fused-ring (bicyclic) bond motifs is 7. The highest BCUT2D eigenvalue weighted by atomic mass is 32.1. The van der Waals surface area contributed by atoms with Gasteiger partial charge in [-0.2, -0.15) is 0 Å². The van der Waals surface area contributed by atoms with E-state index >= 15 is 0 Å². The Morgan fingerprint density at radius 1 is 0.321 bits per heavy atom. The Kier molecular flexibility index (Phi) is 7.75. The number of hydrogen-bond donors (Lipinski definition) is 0. The largest absolute Gasteiger partial charge is 0.310 e. The van der Waals surface area contributed by atoms with Crippen LogP contribution in [0.2, 0.25) is 0 Å². The summed E-state index contributed by atoms with van der Waals surface area (Å²) in [6.45, 7) is 0. The molecule has 0 spiro atoms. The molecule has 11 aromatic rings. The molecule has 0 aliphatic heterocycles. The molecule has 10 aromatic carbocycles. The first kappa shape index (κ1) is 32.4. The smallest absolute Gasteiger partial charge is 0.0555 e. The van der Waals surface area contributed by atoms with Crippen LogP contribution in [0, 0.1) is 0 Å². The molecule has 0 atom stereocenters. The van der Waals surface area contributed by atoms with Crippen molar-refractivity contribution in [3.8, 4) is 33.4 Å². The molecule has 2 heteroatoms. The van der Waals surface area contributed by atoms with E-state index in [9.17, 15) is 0 Å². The van der Waals surface area contributed by atoms with Gasteiger partial charge in [0, 0.05) is 31.5 Å². The van der Waals surface area contributed by atoms with Gasteiger partial charge in [0.1, 0.15) is 0 Å². The van der Waals surface area contributed by atoms with E-state index in [0.717, 1.165) is 11.4 Å². The summed E-state index contributed by atoms with van der Waals surface area (Å²) in [6, 6.07) is 77.8. The highest BCUT2D eigenvalue weighted by Crippen LogP contribution is 2.49. The van der Waals surface area contributed by atoms with Crippen LogP contribution >= 0.6 is 11.3 Å². The second-order valence-electron chi connectivity index (χ2n) is 14.5. The second kappa shape index (κ2) is 13.4. The van der Waals surface area contributed by atoms with Crippen molar-refractivity contribution in [2.45, 2.75) is 0 Å². The van der Waals surface area contributed by atoms with Crippen LogP contribution in [0.4, 0.5) is 17.1 Å². The third kappa shape index (κ3) is 5.54. The number of anilines is 3. The van der Waals surface area contributed by atoms with Gasteiger partial charge in [-0.05, 0) is 108 Å². The molecule has 0 aliphatic carbocycles. The van der Waals surface area contributed by atoms with Crippen LogP contribution in [-0.2, 0) is 0 Å². The molecule has 262 valence electrons. The van der Waals surface area contributed by atoms with Crippen LogP contribution in [0.1, 0.15) is 0 Å². The number of thiophene rings is 1. The summed E-state index contributed by atoms with van der Waals surface area (Å²) in [7, 11) is 0. The third-order valence-electron chi connectivity index (χ3n) is 11.2. The van der Waals surface area contributed by atoms with Crippen molar-refractivity contribution in [3.63, 3.8) is 0 Å². The average Bonchev–Trinajstić information content (AvgIpc) is 3.67. The van der Waals surface area contributed by atoms with E-state index in [1.54, 1.807) is 0 Å². The van der Waals surface area contributed by atoms with E-state index < -0.39 is 0 Å². The number of hydrogen-bond acceptors (Lipinski definition) is 2. The lowest BCUT2D eigenvalue weighted by atomic mass is 9.97. The third-order valence-corrected chi connectivity index (χ3v) is 12.4. The van der Waals surface area contributed by atoms with Gasteiger partial charge in [-0.3, -0.25) is 0 Å². The van der Waals surface area contributed by atoms with Gasteiger partial charge >= 0.3 is 0 Å². The molecule has 0 N–H and O–H groups in total. The van der Waals surface area contributed by atoms with Crippen molar-refractivity contribution in [3.05, 3.63) is 212 Å². The van der Waals surface area contributed by atoms with Gasteiger partial charge in [0.05, 0.1) is 5.69 Å². The standard InChI is InChI=1S/C54H35NS/c1-2-10-36(11-3-1)38-18-21-41(22-19-38)48-32-33-51(53-49-16-8-9-17-52(49)56-54(48)53)55(46-31-28-42-24-23-40-13-6-7-15-47(40)50(42)35-46)45-29-26-39(27-30-45)44-25-20-37-12-4-5-14-43(37)34-44/h1-35H. The van der Waals surface area contributed by atoms with E-state index in [4.69, 9.17) is 0 Å². The monoisotopic (exact) mass is 729 g/mol. The van der Waals surface area contributed by atoms with E-state index in [-0.39, 0.29) is 0 Å². The Hall–Kier alpha value is -7.00. The van der Waals surface area contributed by atoms with Crippen LogP contribution in [0.25, 0.3) is 85.9 Å². The minimum atomic E-state index is 1.12. The maximum absolute atomic E-state index is 2.47. The SMILES string of the molecule is c1ccc(-c2ccc(-c3ccc(N(c4ccc(-c5ccc6ccccc6c5)cc4)c4ccc5ccc6ccccc6c5c4)c4c3sc3ccccc34)cc2)cc1. The Bertz CT molecular complexity index is 3230. The highest BCUT2D eigenvalue weighted by molar-refractivity contribution is 7.26. The van der Waals surface area contributed by atoms with Crippen LogP contribution in [0.3, 0.4) is 0 Å². The lowest BCUT2D eigenvalue weighted by molar-refractivity contribution is 1.31. The molecule has 1 nitrogen and oxygen atoms in total. The topological polar surface area (TPSA) is 3.24 Å². The molecule has 1 heterocycles. The van der Waals surface area contributed by atoms with Gasteiger partial charge in [-0.15, -0.1) is 11.3 Å². The number of nitrogens with zero attached hydrogens (tertiary/aromatic N) is 1. The first-order valence-electron chi connectivity index (χ1n) is 19.2. The van der Waals surface area contributed by atoms with Gasteiger partial charge in [-0.25, -0.2) is 0 Å². The molecule has 0 radical (unpaired) electrons. The molecule has 0 unspecified atom stereocenters. The molecule has 1 aromatic heterocycles. The summed E-state index contributed by atoms with van der Waals surface area (Å²) < 4.78 is 2.58. The molecule has 0 aliphatic rings. The summed E-state index contributed by atoms with van der Waals surface area (Å²) in [4.78, 5) is 2.47. The lowest BCUT2D eigenvalue weighted by Gasteiger charge is -2.28. The molecule has 0 amide bonds. The van der Waals surface area contributed by atoms with Crippen molar-refractivity contribution in [1.82, 2.24) is 0 Å². The fourth-order valence-corrected chi connectivity index (χ4v) is 9.68. The van der Waals surface area contributed by atoms with Gasteiger partial charge in [0.25, 0.3) is 0 Å². The Balaban J connectivity index is 1.12. The van der Waals surface area contributed by atoms with Crippen LogP contribution in [0.5, 0.6) is 0 Å². The van der Waals surface area contributed by atoms with Crippen molar-refractivity contribution < 1.29 is 0 Å². The Morgan fingerprint density at radius 2 is 0.875 bits per heavy atom. The summed E-state index contributed by atoms with van der Waals surface area (Å²) in [6.07, 6.45) is 0. The highest BCUT2D eigenvalue weighted by Gasteiger charge is 2.22. The minimum absolute atomic E-state index is 1.12. The maximum Gasteiger partial charge on any atom is 0.0555 e. The van der Waals surface area contributed by atoms with E-state index in [2.05, 4.69) is 217 Å². The number of benzene rings is 10. The molecule has 0 saturated carbocycles. The zero-order valence-electron chi connectivity index (χ0n) is 30.6. The van der Waals surface area contributed by atoms with Gasteiger partial charge in [-0.1, -0.05) is 170 Å². The number of rotatable bonds is 6. The summed E-state index contributed by atoms with van der Waals surface area (Å²) in [5.74, 6) is 0. The Morgan fingerprint density at radius 3 is 1.70 bits per heavy atom. The summed E-state index contributed by atoms with van der Waals surface area (Å²) in [5.41, 5.74) is 10.7. The normalized spacial score (nSPS) is 11.6. The quantitative estimate of drug-likeness (QED) is 0.154. The van der Waals surface area contributed by atoms with Crippen molar-refractivity contribution >= 4 is 80.9 Å². The molecule has 0 saturated heterocycles. The van der Waals surface area contributed by atoms with E-state index in [0.29, 0.717) is 0 Å². The molecular formula is C54H35NS. The van der Waals surface area contributed by atoms with Crippen LogP contribution < -0.4 is 4.90 Å². The predicted octanol–water partition coefficient (Wildman–Crippen LogP) is 16.0. The van der Waals surface area contributed by atoms with Gasteiger partial charge in [0.2, 0.25) is 0 Å². The van der Waals surface area contributed by atoms with Crippen molar-refractivity contribution in [2.24, 2.45) is 0 Å². The summed E-state index contributed by atoms with van der Waals surface area (Å²) in [5, 5.41) is 10.0. The fourth-order valence-electron chi connectivity index (χ4n) is 8.43. The van der Waals surface area contributed by atoms with E-state index in [1.165, 1.54) is 91.6 Å². The molecule has 11 rings (SSSR count). The molecule has 0 bridgehead atoms. The minimum Gasteiger partial charge on any atom is -0.310 e. The van der Waals surface area contributed by atoms with Gasteiger partial charge < -0.3 is 4.90 Å². The Labute approximate surface area is 330 Å². The van der Waals surface area contributed by atoms with E-state index in [1.807, 2.05) is 11.3 Å². The van der Waals surface area contributed by atoms with Gasteiger partial charge in [0.15, 0.2) is 0 Å². The average molecular weight is 730 g/mol. The zero-order chi connectivity index (χ0) is 37.0. The van der Waals surface area contributed by atoms with Crippen molar-refractivity contribution in [2.75, 3.05) is 4.90 Å². The van der Waals surface area contributed by atoms with Crippen LogP contribution in [-0.4, -0.2) is 0 Å². The molecule has 56 heavy (non-hydrogen) atoms. The zero-order valence-corrected chi connectivity index (χ0v) is 31.4. The lowest BCUT2D eigenvalue weighted by Crippen LogP contribution is -2.10. The van der Waals surface area contributed by atoms with Crippen LogP contribution in [0.15, 0.2) is 212 Å². The predicted molar refractivity (Wildman–Crippen MR) is 243 cm³/mol. The summed E-state index contributed by atoms with van der Waals surface area (Å²) >= 11 is 1.88. The molecular weight excluding hydrogens is 695 g/mol. The second-order valence-corrected chi connectivity index (χ2v) is 15.6.